The molecule has 2 saturated carbocycles. The number of piperidine rings is 1. The monoisotopic (exact) mass is 395 g/mol. The quantitative estimate of drug-likeness (QED) is 0.619. The van der Waals surface area contributed by atoms with Crippen molar-refractivity contribution in [1.29, 1.82) is 0 Å². The molecule has 0 bridgehead atoms. The van der Waals surface area contributed by atoms with Crippen molar-refractivity contribution in [3.8, 4) is 0 Å². The number of carbonyl (C=O) groups excluding carboxylic acids is 3. The molecule has 5 atom stereocenters. The maximum atomic E-state index is 13.2. The molecule has 0 aromatic rings. The Morgan fingerprint density at radius 1 is 1.29 bits per heavy atom. The Morgan fingerprint density at radius 3 is 2.39 bits per heavy atom. The summed E-state index contributed by atoms with van der Waals surface area (Å²) in [5.74, 6) is -0.554. The van der Waals surface area contributed by atoms with Crippen LogP contribution in [0.1, 0.15) is 53.9 Å². The number of nitrogens with two attached hydrogens (primary N) is 1. The van der Waals surface area contributed by atoms with Crippen LogP contribution in [-0.2, 0) is 14.3 Å². The molecule has 1 aliphatic heterocycles. The summed E-state index contributed by atoms with van der Waals surface area (Å²) >= 11 is 0. The van der Waals surface area contributed by atoms with Gasteiger partial charge in [-0.3, -0.25) is 14.5 Å². The first-order valence-electron chi connectivity index (χ1n) is 10.1. The van der Waals surface area contributed by atoms with Crippen LogP contribution in [0.25, 0.3) is 0 Å². The van der Waals surface area contributed by atoms with Crippen molar-refractivity contribution in [2.75, 3.05) is 6.54 Å². The van der Waals surface area contributed by atoms with E-state index in [0.717, 1.165) is 12.8 Å². The van der Waals surface area contributed by atoms with Crippen molar-refractivity contribution in [1.82, 2.24) is 10.2 Å². The van der Waals surface area contributed by atoms with Gasteiger partial charge in [-0.1, -0.05) is 26.7 Å². The highest BCUT2D eigenvalue weighted by Crippen LogP contribution is 2.65. The van der Waals surface area contributed by atoms with Crippen LogP contribution in [0.4, 0.5) is 4.79 Å². The van der Waals surface area contributed by atoms with Crippen LogP contribution < -0.4 is 11.1 Å². The lowest BCUT2D eigenvalue weighted by Gasteiger charge is -2.33. The van der Waals surface area contributed by atoms with Gasteiger partial charge in [-0.25, -0.2) is 4.79 Å². The maximum Gasteiger partial charge on any atom is 0.410 e. The lowest BCUT2D eigenvalue weighted by atomic mass is 9.99. The van der Waals surface area contributed by atoms with Crippen molar-refractivity contribution in [3.05, 3.63) is 0 Å². The Bertz CT molecular complexity index is 667. The zero-order valence-corrected chi connectivity index (χ0v) is 17.4. The molecule has 1 heterocycles. The van der Waals surface area contributed by atoms with Crippen LogP contribution in [0, 0.1) is 23.2 Å². The summed E-state index contributed by atoms with van der Waals surface area (Å²) in [5.41, 5.74) is 4.57. The summed E-state index contributed by atoms with van der Waals surface area (Å²) < 4.78 is 5.49. The van der Waals surface area contributed by atoms with Gasteiger partial charge in [0.2, 0.25) is 11.8 Å². The molecule has 0 radical (unpaired) electrons. The van der Waals surface area contributed by atoms with Crippen molar-refractivity contribution in [2.24, 2.45) is 28.9 Å². The fourth-order valence-corrected chi connectivity index (χ4v) is 4.54. The SMILES string of the molecule is CC(C)(C)OC(=O)N1C[C@H]2[C@@H]([C@H]1C(=O)NC(CC1CC1)C(O)C(N)=O)C2(C)C. The molecule has 3 amide bonds. The van der Waals surface area contributed by atoms with E-state index in [9.17, 15) is 19.5 Å². The molecule has 1 saturated heterocycles. The average molecular weight is 396 g/mol. The number of rotatable bonds is 6. The van der Waals surface area contributed by atoms with Gasteiger partial charge in [0, 0.05) is 6.54 Å². The summed E-state index contributed by atoms with van der Waals surface area (Å²) in [7, 11) is 0. The molecule has 8 heteroatoms. The van der Waals surface area contributed by atoms with E-state index in [1.807, 2.05) is 0 Å². The molecule has 3 fully saturated rings. The zero-order chi connectivity index (χ0) is 21.0. The topological polar surface area (TPSA) is 122 Å². The Balaban J connectivity index is 1.75. The molecule has 158 valence electrons. The number of nitrogens with one attached hydrogen (secondary N) is 1. The van der Waals surface area contributed by atoms with Gasteiger partial charge in [0.05, 0.1) is 6.04 Å². The highest BCUT2D eigenvalue weighted by Gasteiger charge is 2.69. The van der Waals surface area contributed by atoms with Gasteiger partial charge >= 0.3 is 6.09 Å². The number of hydrogen-bond acceptors (Lipinski definition) is 5. The number of nitrogens with zero attached hydrogens (tertiary/aromatic N) is 1. The zero-order valence-electron chi connectivity index (χ0n) is 17.4. The smallest absolute Gasteiger partial charge is 0.410 e. The second-order valence-corrected chi connectivity index (χ2v) is 10.2. The highest BCUT2D eigenvalue weighted by molar-refractivity contribution is 5.89. The third-order valence-corrected chi connectivity index (χ3v) is 6.39. The summed E-state index contributed by atoms with van der Waals surface area (Å²) in [4.78, 5) is 38.8. The summed E-state index contributed by atoms with van der Waals surface area (Å²) in [6.07, 6.45) is 0.590. The minimum absolute atomic E-state index is 0.0329. The van der Waals surface area contributed by atoms with Crippen molar-refractivity contribution < 1.29 is 24.2 Å². The lowest BCUT2D eigenvalue weighted by molar-refractivity contribution is -0.132. The van der Waals surface area contributed by atoms with E-state index >= 15 is 0 Å². The number of carbonyl (C=O) groups is 3. The van der Waals surface area contributed by atoms with E-state index in [-0.39, 0.29) is 23.2 Å². The number of likely N-dealkylation sites (tertiary alicyclic amines) is 1. The molecule has 0 spiro atoms. The normalized spacial score (nSPS) is 30.2. The van der Waals surface area contributed by atoms with Crippen molar-refractivity contribution >= 4 is 17.9 Å². The fourth-order valence-electron chi connectivity index (χ4n) is 4.54. The van der Waals surface area contributed by atoms with Crippen LogP contribution in [-0.4, -0.2) is 58.2 Å². The molecule has 2 unspecified atom stereocenters. The predicted octanol–water partition coefficient (Wildman–Crippen LogP) is 1.01. The van der Waals surface area contributed by atoms with Gasteiger partial charge in [-0.05, 0) is 50.4 Å². The first-order chi connectivity index (χ1) is 12.8. The lowest BCUT2D eigenvalue weighted by Crippen LogP contribution is -2.56. The van der Waals surface area contributed by atoms with E-state index in [4.69, 9.17) is 10.5 Å². The molecule has 3 aliphatic rings. The summed E-state index contributed by atoms with van der Waals surface area (Å²) in [6, 6.07) is -1.41. The van der Waals surface area contributed by atoms with E-state index in [1.165, 1.54) is 4.90 Å². The number of aliphatic hydroxyl groups excluding tert-OH is 1. The van der Waals surface area contributed by atoms with Crippen LogP contribution >= 0.6 is 0 Å². The third kappa shape index (κ3) is 4.11. The number of amides is 3. The van der Waals surface area contributed by atoms with Crippen molar-refractivity contribution in [2.45, 2.75) is 77.7 Å². The maximum absolute atomic E-state index is 13.2. The van der Waals surface area contributed by atoms with Gasteiger partial charge in [-0.15, -0.1) is 0 Å². The van der Waals surface area contributed by atoms with Crippen LogP contribution in [0.3, 0.4) is 0 Å². The molecule has 0 aromatic heterocycles. The van der Waals surface area contributed by atoms with E-state index in [0.29, 0.717) is 18.9 Å². The molecule has 2 aliphatic carbocycles. The Morgan fingerprint density at radius 2 is 1.89 bits per heavy atom. The molecule has 4 N–H and O–H groups in total. The average Bonchev–Trinajstić information content (AvgIpc) is 3.39. The molecular formula is C20H33N3O5. The molecule has 0 aromatic carbocycles. The number of ether oxygens (including phenoxy) is 1. The van der Waals surface area contributed by atoms with Crippen LogP contribution in [0.2, 0.25) is 0 Å². The molecule has 3 rings (SSSR count). The Hall–Kier alpha value is -1.83. The largest absolute Gasteiger partial charge is 0.444 e. The third-order valence-electron chi connectivity index (χ3n) is 6.39. The molecule has 28 heavy (non-hydrogen) atoms. The standard InChI is InChI=1S/C20H33N3O5/c1-19(2,3)28-18(27)23-9-11-13(20(11,4)5)14(23)17(26)22-12(8-10-6-7-10)15(24)16(21)25/h10-15,24H,6-9H2,1-5H3,(H2,21,25)(H,22,26)/t11-,12?,13-,14-,15?/m0/s1. The molecule has 8 nitrogen and oxygen atoms in total. The number of primary amides is 1. The highest BCUT2D eigenvalue weighted by atomic mass is 16.6. The van der Waals surface area contributed by atoms with Gasteiger partial charge in [0.25, 0.3) is 0 Å². The van der Waals surface area contributed by atoms with Gasteiger partial charge in [0.15, 0.2) is 6.10 Å². The van der Waals surface area contributed by atoms with Gasteiger partial charge in [0.1, 0.15) is 11.6 Å². The minimum atomic E-state index is -1.44. The summed E-state index contributed by atoms with van der Waals surface area (Å²) in [5, 5.41) is 13.0. The van der Waals surface area contributed by atoms with Crippen molar-refractivity contribution in [3.63, 3.8) is 0 Å². The van der Waals surface area contributed by atoms with Crippen LogP contribution in [0.5, 0.6) is 0 Å². The number of aliphatic hydroxyl groups is 1. The minimum Gasteiger partial charge on any atom is -0.444 e. The van der Waals surface area contributed by atoms with Gasteiger partial charge < -0.3 is 20.9 Å². The molecular weight excluding hydrogens is 362 g/mol. The Labute approximate surface area is 166 Å². The van der Waals surface area contributed by atoms with E-state index in [1.54, 1.807) is 20.8 Å². The first kappa shape index (κ1) is 20.9. The first-order valence-corrected chi connectivity index (χ1v) is 10.1. The second-order valence-electron chi connectivity index (χ2n) is 10.2. The van der Waals surface area contributed by atoms with E-state index < -0.39 is 35.8 Å². The predicted molar refractivity (Wildman–Crippen MR) is 102 cm³/mol. The van der Waals surface area contributed by atoms with Crippen LogP contribution in [0.15, 0.2) is 0 Å². The fraction of sp³-hybridized carbons (Fsp3) is 0.850. The Kier molecular flexibility index (Phi) is 5.15. The second kappa shape index (κ2) is 6.90. The number of fused-ring (bicyclic) bond motifs is 1. The van der Waals surface area contributed by atoms with E-state index in [2.05, 4.69) is 19.2 Å². The summed E-state index contributed by atoms with van der Waals surface area (Å²) in [6.45, 7) is 10.0. The number of hydrogen-bond donors (Lipinski definition) is 3. The van der Waals surface area contributed by atoms with Gasteiger partial charge in [-0.2, -0.15) is 0 Å².